The molecule has 0 bridgehead atoms. The summed E-state index contributed by atoms with van der Waals surface area (Å²) in [6.07, 6.45) is 2.33. The minimum Gasteiger partial charge on any atom is -0.393 e. The van der Waals surface area contributed by atoms with Gasteiger partial charge in [-0.05, 0) is 86.5 Å². The van der Waals surface area contributed by atoms with Crippen LogP contribution in [0.1, 0.15) is 41.6 Å². The monoisotopic (exact) mass is 415 g/mol. The number of halogens is 1. The first-order valence-electron chi connectivity index (χ1n) is 9.54. The van der Waals surface area contributed by atoms with Crippen molar-refractivity contribution >= 4 is 35.3 Å². The van der Waals surface area contributed by atoms with Crippen molar-refractivity contribution in [1.29, 1.82) is 0 Å². The summed E-state index contributed by atoms with van der Waals surface area (Å²) in [5.41, 5.74) is 7.43. The van der Waals surface area contributed by atoms with E-state index in [0.29, 0.717) is 48.2 Å². The van der Waals surface area contributed by atoms with Crippen molar-refractivity contribution in [3.05, 3.63) is 53.3 Å². The lowest BCUT2D eigenvalue weighted by atomic mass is 9.93. The number of urea groups is 1. The van der Waals surface area contributed by atoms with Crippen LogP contribution in [0.25, 0.3) is 0 Å². The summed E-state index contributed by atoms with van der Waals surface area (Å²) in [6, 6.07) is 9.27. The Labute approximate surface area is 172 Å². The molecule has 0 saturated heterocycles. The normalized spacial score (nSPS) is 21.8. The molecule has 0 radical (unpaired) electrons. The third-order valence-electron chi connectivity index (χ3n) is 5.46. The molecule has 4 rings (SSSR count). The third-order valence-corrected chi connectivity index (χ3v) is 6.63. The smallest absolute Gasteiger partial charge is 0.339 e. The van der Waals surface area contributed by atoms with Crippen molar-refractivity contribution in [2.75, 3.05) is 4.90 Å². The number of amides is 3. The summed E-state index contributed by atoms with van der Waals surface area (Å²) in [5.74, 6) is -0.878. The molecule has 29 heavy (non-hydrogen) atoms. The van der Waals surface area contributed by atoms with Gasteiger partial charge in [0, 0.05) is 11.6 Å². The lowest BCUT2D eigenvalue weighted by Crippen LogP contribution is -2.46. The van der Waals surface area contributed by atoms with Crippen LogP contribution in [0.4, 0.5) is 20.6 Å². The zero-order valence-electron chi connectivity index (χ0n) is 16.0. The van der Waals surface area contributed by atoms with Gasteiger partial charge in [-0.3, -0.25) is 14.0 Å². The quantitative estimate of drug-likeness (QED) is 0.739. The number of aryl methyl sites for hydroxylation is 1. The Morgan fingerprint density at radius 1 is 1.17 bits per heavy atom. The molecule has 1 saturated carbocycles. The van der Waals surface area contributed by atoms with E-state index in [1.807, 2.05) is 0 Å². The summed E-state index contributed by atoms with van der Waals surface area (Å²) in [5, 5.41) is 9.83. The van der Waals surface area contributed by atoms with Gasteiger partial charge in [0.05, 0.1) is 22.4 Å². The summed E-state index contributed by atoms with van der Waals surface area (Å²) in [6.45, 7) is 1.65. The minimum absolute atomic E-state index is 0.0367. The van der Waals surface area contributed by atoms with E-state index in [9.17, 15) is 19.1 Å². The second-order valence-corrected chi connectivity index (χ2v) is 8.49. The highest BCUT2D eigenvalue weighted by Crippen LogP contribution is 2.45. The number of carbonyl (C=O) groups excluding carboxylic acids is 2. The maximum Gasteiger partial charge on any atom is 0.339 e. The van der Waals surface area contributed by atoms with Crippen LogP contribution in [0.3, 0.4) is 0 Å². The van der Waals surface area contributed by atoms with Gasteiger partial charge in [-0.2, -0.15) is 0 Å². The van der Waals surface area contributed by atoms with Gasteiger partial charge in [0.1, 0.15) is 5.82 Å². The molecule has 1 fully saturated rings. The number of hydrogen-bond acceptors (Lipinski definition) is 4. The van der Waals surface area contributed by atoms with Crippen molar-refractivity contribution in [2.24, 2.45) is 5.73 Å². The van der Waals surface area contributed by atoms with E-state index in [1.54, 1.807) is 46.5 Å². The molecule has 2 aromatic carbocycles. The number of fused-ring (bicyclic) bond motifs is 1. The zero-order valence-corrected chi connectivity index (χ0v) is 16.8. The van der Waals surface area contributed by atoms with Gasteiger partial charge in [0.15, 0.2) is 0 Å². The molecule has 152 valence electrons. The number of aliphatic hydroxyl groups is 1. The number of nitrogens with zero attached hydrogens (tertiary/aromatic N) is 2. The highest BCUT2D eigenvalue weighted by molar-refractivity contribution is 7.97. The number of benzene rings is 2. The molecule has 2 aromatic rings. The summed E-state index contributed by atoms with van der Waals surface area (Å²) >= 11 is 1.29. The predicted octanol–water partition coefficient (Wildman–Crippen LogP) is 4.12. The first kappa shape index (κ1) is 19.7. The zero-order chi connectivity index (χ0) is 20.7. The van der Waals surface area contributed by atoms with Gasteiger partial charge in [-0.25, -0.2) is 9.18 Å². The number of hydrogen-bond donors (Lipinski definition) is 2. The molecular formula is C21H22FN3O3S. The van der Waals surface area contributed by atoms with Gasteiger partial charge < -0.3 is 10.8 Å². The summed E-state index contributed by atoms with van der Waals surface area (Å²) in [4.78, 5) is 27.4. The van der Waals surface area contributed by atoms with Gasteiger partial charge in [-0.1, -0.05) is 0 Å². The Hall–Kier alpha value is -2.58. The standard InChI is InChI=1S/C21H22FN3O3S/c1-12-10-15(5-8-17(12)22)24-18-9-2-13(20(23)27)11-19(18)29-25(21(24)28)14-3-6-16(26)7-4-14/h2,5,8-11,14,16,26H,3-4,6-7H2,1H3,(H2,23,27). The number of rotatable bonds is 3. The fourth-order valence-electron chi connectivity index (χ4n) is 3.81. The van der Waals surface area contributed by atoms with Crippen molar-refractivity contribution in [2.45, 2.75) is 49.6 Å². The third kappa shape index (κ3) is 3.70. The average molecular weight is 415 g/mol. The molecular weight excluding hydrogens is 393 g/mol. The van der Waals surface area contributed by atoms with E-state index in [-0.39, 0.29) is 24.0 Å². The average Bonchev–Trinajstić information content (AvgIpc) is 2.70. The van der Waals surface area contributed by atoms with Crippen LogP contribution in [0.15, 0.2) is 41.3 Å². The predicted molar refractivity (Wildman–Crippen MR) is 110 cm³/mol. The van der Waals surface area contributed by atoms with Crippen LogP contribution < -0.4 is 10.6 Å². The molecule has 3 amide bonds. The maximum absolute atomic E-state index is 13.8. The number of primary amides is 1. The molecule has 2 aliphatic rings. The molecule has 0 unspecified atom stereocenters. The van der Waals surface area contributed by atoms with E-state index in [0.717, 1.165) is 4.90 Å². The van der Waals surface area contributed by atoms with E-state index in [1.165, 1.54) is 18.0 Å². The minimum atomic E-state index is -0.540. The van der Waals surface area contributed by atoms with Crippen molar-refractivity contribution < 1.29 is 19.1 Å². The van der Waals surface area contributed by atoms with Crippen LogP contribution >= 0.6 is 11.9 Å². The largest absolute Gasteiger partial charge is 0.393 e. The number of carbonyl (C=O) groups is 2. The Morgan fingerprint density at radius 2 is 1.90 bits per heavy atom. The number of anilines is 2. The van der Waals surface area contributed by atoms with Gasteiger partial charge in [-0.15, -0.1) is 0 Å². The van der Waals surface area contributed by atoms with Crippen LogP contribution in [0, 0.1) is 12.7 Å². The van der Waals surface area contributed by atoms with Crippen LogP contribution in [0.5, 0.6) is 0 Å². The molecule has 3 N–H and O–H groups in total. The fraction of sp³-hybridized carbons (Fsp3) is 0.333. The topological polar surface area (TPSA) is 86.9 Å². The Bertz CT molecular complexity index is 976. The SMILES string of the molecule is Cc1cc(N2C(=O)N(C3CCC(O)CC3)Sc3cc(C(N)=O)ccc32)ccc1F. The molecule has 8 heteroatoms. The molecule has 1 heterocycles. The van der Waals surface area contributed by atoms with Crippen molar-refractivity contribution in [1.82, 2.24) is 4.31 Å². The molecule has 0 spiro atoms. The Kier molecular flexibility index (Phi) is 5.23. The van der Waals surface area contributed by atoms with Gasteiger partial charge in [0.25, 0.3) is 0 Å². The highest BCUT2D eigenvalue weighted by Gasteiger charge is 2.38. The number of aliphatic hydroxyl groups excluding tert-OH is 1. The fourth-order valence-corrected chi connectivity index (χ4v) is 4.98. The maximum atomic E-state index is 13.8. The Balaban J connectivity index is 1.78. The van der Waals surface area contributed by atoms with E-state index in [2.05, 4.69) is 0 Å². The molecule has 0 atom stereocenters. The lowest BCUT2D eigenvalue weighted by molar-refractivity contribution is 0.0999. The Morgan fingerprint density at radius 3 is 2.55 bits per heavy atom. The molecule has 0 aromatic heterocycles. The first-order chi connectivity index (χ1) is 13.8. The van der Waals surface area contributed by atoms with Crippen molar-refractivity contribution in [3.8, 4) is 0 Å². The highest BCUT2D eigenvalue weighted by atomic mass is 32.2. The van der Waals surface area contributed by atoms with Gasteiger partial charge >= 0.3 is 6.03 Å². The molecule has 1 aliphatic carbocycles. The van der Waals surface area contributed by atoms with Crippen LogP contribution in [-0.4, -0.2) is 33.5 Å². The van der Waals surface area contributed by atoms with E-state index < -0.39 is 5.91 Å². The van der Waals surface area contributed by atoms with Gasteiger partial charge in [0.2, 0.25) is 5.91 Å². The summed E-state index contributed by atoms with van der Waals surface area (Å²) in [7, 11) is 0. The second kappa shape index (κ2) is 7.68. The van der Waals surface area contributed by atoms with Crippen LogP contribution in [0.2, 0.25) is 0 Å². The summed E-state index contributed by atoms with van der Waals surface area (Å²) < 4.78 is 15.5. The second-order valence-electron chi connectivity index (χ2n) is 7.48. The van der Waals surface area contributed by atoms with Crippen molar-refractivity contribution in [3.63, 3.8) is 0 Å². The van der Waals surface area contributed by atoms with E-state index >= 15 is 0 Å². The van der Waals surface area contributed by atoms with Crippen LogP contribution in [-0.2, 0) is 0 Å². The molecule has 1 aliphatic heterocycles. The molecule has 6 nitrogen and oxygen atoms in total. The van der Waals surface area contributed by atoms with E-state index in [4.69, 9.17) is 5.73 Å². The lowest BCUT2D eigenvalue weighted by Gasteiger charge is -2.41. The number of nitrogens with two attached hydrogens (primary N) is 1. The first-order valence-corrected chi connectivity index (χ1v) is 10.3.